The van der Waals surface area contributed by atoms with E-state index in [2.05, 4.69) is 16.0 Å². The third kappa shape index (κ3) is 3.28. The van der Waals surface area contributed by atoms with Crippen LogP contribution >= 0.6 is 0 Å². The molecular weight excluding hydrogens is 530 g/mol. The second-order valence-electron chi connectivity index (χ2n) is 10.6. The number of halogens is 2. The van der Waals surface area contributed by atoms with E-state index in [4.69, 9.17) is 0 Å². The first-order valence-corrected chi connectivity index (χ1v) is 13.0. The van der Waals surface area contributed by atoms with Gasteiger partial charge in [0.15, 0.2) is 5.78 Å². The van der Waals surface area contributed by atoms with Crippen LogP contribution in [0, 0.1) is 27.2 Å². The third-order valence-corrected chi connectivity index (χ3v) is 8.70. The van der Waals surface area contributed by atoms with Crippen LogP contribution in [0.25, 0.3) is 0 Å². The molecule has 0 aromatic heterocycles. The minimum atomic E-state index is -1.78. The van der Waals surface area contributed by atoms with Crippen LogP contribution in [-0.2, 0) is 10.3 Å². The number of para-hydroxylation sites is 1. The van der Waals surface area contributed by atoms with Crippen LogP contribution in [0.5, 0.6) is 0 Å². The van der Waals surface area contributed by atoms with Gasteiger partial charge >= 0.3 is 0 Å². The Balaban J connectivity index is 1.58. The zero-order chi connectivity index (χ0) is 28.5. The standard InChI is InChI=1S/C31H22F2N4O4/c32-19-11-9-17(10-12-19)25-26(18-5-2-1-3-6-18)36-31(22-15-20(33)13-14-23(22)35-29(31)39)30(25)16-34-27-21(28(30)38)7-4-8-24(27)37(40)41/h1-15,25-26,34,36H,16H2,(H,35,39)/t25-,26-,30-,31-/m1/s1. The Morgan fingerprint density at radius 3 is 2.32 bits per heavy atom. The predicted molar refractivity (Wildman–Crippen MR) is 147 cm³/mol. The first kappa shape index (κ1) is 25.0. The van der Waals surface area contributed by atoms with E-state index >= 15 is 0 Å². The molecule has 0 bridgehead atoms. The maximum Gasteiger partial charge on any atom is 0.293 e. The molecule has 0 aliphatic carbocycles. The summed E-state index contributed by atoms with van der Waals surface area (Å²) in [7, 11) is 0. The fraction of sp³-hybridized carbons (Fsp3) is 0.161. The molecule has 1 amide bonds. The summed E-state index contributed by atoms with van der Waals surface area (Å²) in [6.07, 6.45) is 0. The number of amides is 1. The van der Waals surface area contributed by atoms with Crippen molar-refractivity contribution in [2.24, 2.45) is 5.41 Å². The maximum atomic E-state index is 15.0. The van der Waals surface area contributed by atoms with E-state index in [1.165, 1.54) is 48.5 Å². The fourth-order valence-corrected chi connectivity index (χ4v) is 7.08. The van der Waals surface area contributed by atoms with Gasteiger partial charge in [0.05, 0.1) is 10.3 Å². The van der Waals surface area contributed by atoms with E-state index in [1.807, 2.05) is 30.3 Å². The maximum absolute atomic E-state index is 15.0. The van der Waals surface area contributed by atoms with Crippen molar-refractivity contribution >= 4 is 28.8 Å². The number of carbonyl (C=O) groups is 2. The Morgan fingerprint density at radius 2 is 1.59 bits per heavy atom. The molecule has 3 heterocycles. The molecule has 8 nitrogen and oxygen atoms in total. The molecule has 10 heteroatoms. The number of nitrogens with one attached hydrogen (secondary N) is 3. The molecule has 0 saturated carbocycles. The average molecular weight is 553 g/mol. The number of fused-ring (bicyclic) bond motifs is 4. The molecule has 7 rings (SSSR count). The van der Waals surface area contributed by atoms with Gasteiger partial charge in [0.1, 0.15) is 22.9 Å². The number of benzene rings is 4. The lowest BCUT2D eigenvalue weighted by atomic mass is 9.55. The van der Waals surface area contributed by atoms with E-state index in [0.29, 0.717) is 11.3 Å². The van der Waals surface area contributed by atoms with Gasteiger partial charge in [-0.3, -0.25) is 25.0 Å². The minimum Gasteiger partial charge on any atom is -0.378 e. The van der Waals surface area contributed by atoms with Crippen molar-refractivity contribution in [1.82, 2.24) is 5.32 Å². The number of nitrogens with zero attached hydrogens (tertiary/aromatic N) is 1. The van der Waals surface area contributed by atoms with Gasteiger partial charge < -0.3 is 10.6 Å². The van der Waals surface area contributed by atoms with Gasteiger partial charge in [0, 0.05) is 41.4 Å². The molecule has 2 spiro atoms. The molecule has 3 aliphatic rings. The van der Waals surface area contributed by atoms with Gasteiger partial charge in [-0.2, -0.15) is 0 Å². The quantitative estimate of drug-likeness (QED) is 0.230. The van der Waals surface area contributed by atoms with E-state index in [0.717, 1.165) is 5.56 Å². The summed E-state index contributed by atoms with van der Waals surface area (Å²) in [4.78, 5) is 40.5. The lowest BCUT2D eigenvalue weighted by molar-refractivity contribution is -0.384. The second kappa shape index (κ2) is 8.77. The number of carbonyl (C=O) groups excluding carboxylic acids is 2. The Labute approximate surface area is 232 Å². The van der Waals surface area contributed by atoms with Gasteiger partial charge in [-0.15, -0.1) is 0 Å². The topological polar surface area (TPSA) is 113 Å². The summed E-state index contributed by atoms with van der Waals surface area (Å²) in [5.41, 5.74) is -1.66. The van der Waals surface area contributed by atoms with Crippen molar-refractivity contribution in [3.63, 3.8) is 0 Å². The van der Waals surface area contributed by atoms with Gasteiger partial charge in [-0.1, -0.05) is 48.5 Å². The van der Waals surface area contributed by atoms with Crippen LogP contribution in [0.3, 0.4) is 0 Å². The highest BCUT2D eigenvalue weighted by molar-refractivity contribution is 6.17. The molecule has 0 unspecified atom stereocenters. The fourth-order valence-electron chi connectivity index (χ4n) is 7.08. The Kier molecular flexibility index (Phi) is 5.36. The van der Waals surface area contributed by atoms with Crippen molar-refractivity contribution in [3.8, 4) is 0 Å². The molecule has 4 aromatic rings. The third-order valence-electron chi connectivity index (χ3n) is 8.70. The molecule has 204 valence electrons. The lowest BCUT2D eigenvalue weighted by Gasteiger charge is -2.46. The van der Waals surface area contributed by atoms with Crippen molar-refractivity contribution in [2.45, 2.75) is 17.5 Å². The van der Waals surface area contributed by atoms with Gasteiger partial charge in [0.25, 0.3) is 11.6 Å². The molecule has 0 radical (unpaired) electrons. The number of anilines is 2. The highest BCUT2D eigenvalue weighted by atomic mass is 19.1. The Morgan fingerprint density at radius 1 is 0.854 bits per heavy atom. The van der Waals surface area contributed by atoms with E-state index in [9.17, 15) is 28.5 Å². The zero-order valence-electron chi connectivity index (χ0n) is 21.4. The number of nitro benzene ring substituents is 1. The number of hydrogen-bond acceptors (Lipinski definition) is 6. The average Bonchev–Trinajstić information content (AvgIpc) is 3.44. The van der Waals surface area contributed by atoms with Crippen molar-refractivity contribution in [1.29, 1.82) is 0 Å². The predicted octanol–water partition coefficient (Wildman–Crippen LogP) is 5.44. The van der Waals surface area contributed by atoms with Crippen LogP contribution in [-0.4, -0.2) is 23.2 Å². The van der Waals surface area contributed by atoms with Crippen molar-refractivity contribution in [2.75, 3.05) is 17.2 Å². The number of nitro groups is 1. The molecule has 4 aromatic carbocycles. The summed E-state index contributed by atoms with van der Waals surface area (Å²) in [6, 6.07) is 22.4. The molecule has 3 aliphatic heterocycles. The summed E-state index contributed by atoms with van der Waals surface area (Å²) >= 11 is 0. The van der Waals surface area contributed by atoms with Gasteiger partial charge in [0.2, 0.25) is 0 Å². The first-order valence-electron chi connectivity index (χ1n) is 13.0. The summed E-state index contributed by atoms with van der Waals surface area (Å²) in [6.45, 7) is -0.189. The molecule has 1 fully saturated rings. The minimum absolute atomic E-state index is 0.0464. The van der Waals surface area contributed by atoms with Crippen LogP contribution in [0.1, 0.15) is 39.0 Å². The van der Waals surface area contributed by atoms with Gasteiger partial charge in [-0.05, 0) is 47.5 Å². The molecular formula is C31H22F2N4O4. The van der Waals surface area contributed by atoms with Crippen LogP contribution in [0.4, 0.5) is 25.8 Å². The summed E-state index contributed by atoms with van der Waals surface area (Å²) < 4.78 is 29.0. The molecule has 1 saturated heterocycles. The highest BCUT2D eigenvalue weighted by Gasteiger charge is 2.75. The molecule has 4 atom stereocenters. The van der Waals surface area contributed by atoms with E-state index < -0.39 is 51.2 Å². The van der Waals surface area contributed by atoms with Crippen molar-refractivity contribution < 1.29 is 23.3 Å². The SMILES string of the molecule is O=C1c2cccc([N+](=O)[O-])c2NC[C@@]12[C@H](c1ccc(F)cc1)[C@@H](c1ccccc1)N[C@]21C(=O)Nc2ccc(F)cc21. The number of rotatable bonds is 3. The highest BCUT2D eigenvalue weighted by Crippen LogP contribution is 2.66. The largest absolute Gasteiger partial charge is 0.378 e. The van der Waals surface area contributed by atoms with Gasteiger partial charge in [-0.25, -0.2) is 8.78 Å². The molecule has 41 heavy (non-hydrogen) atoms. The first-order chi connectivity index (χ1) is 19.8. The van der Waals surface area contributed by atoms with Crippen LogP contribution in [0.15, 0.2) is 91.0 Å². The monoisotopic (exact) mass is 552 g/mol. The number of ketones is 1. The Bertz CT molecular complexity index is 1760. The summed E-state index contributed by atoms with van der Waals surface area (Å²) in [5.74, 6) is -2.90. The van der Waals surface area contributed by atoms with Crippen molar-refractivity contribution in [3.05, 3.63) is 135 Å². The summed E-state index contributed by atoms with van der Waals surface area (Å²) in [5, 5.41) is 21.3. The lowest BCUT2D eigenvalue weighted by Crippen LogP contribution is -2.62. The smallest absolute Gasteiger partial charge is 0.293 e. The van der Waals surface area contributed by atoms with E-state index in [-0.39, 0.29) is 29.0 Å². The number of Topliss-reactive ketones (excluding diaryl/α,β-unsaturated/α-hetero) is 1. The van der Waals surface area contributed by atoms with Crippen LogP contribution < -0.4 is 16.0 Å². The van der Waals surface area contributed by atoms with E-state index in [1.54, 1.807) is 12.1 Å². The molecule has 3 N–H and O–H groups in total. The second-order valence-corrected chi connectivity index (χ2v) is 10.6. The zero-order valence-corrected chi connectivity index (χ0v) is 21.4. The normalized spacial score (nSPS) is 26.0. The number of hydrogen-bond donors (Lipinski definition) is 3. The Hall–Kier alpha value is -4.96. The van der Waals surface area contributed by atoms with Crippen LogP contribution in [0.2, 0.25) is 0 Å².